The molecule has 0 aromatic heterocycles. The first kappa shape index (κ1) is 53.4. The first-order chi connectivity index (χ1) is 31.9. The van der Waals surface area contributed by atoms with Crippen LogP contribution in [0.15, 0.2) is 158 Å². The van der Waals surface area contributed by atoms with Crippen LogP contribution in [0.3, 0.4) is 0 Å². The largest absolute Gasteiger partial charge is 0.214 e. The van der Waals surface area contributed by atoms with E-state index in [1.807, 2.05) is 30.3 Å². The van der Waals surface area contributed by atoms with Crippen LogP contribution in [0.25, 0.3) is 33.4 Å². The molecule has 0 bridgehead atoms. The van der Waals surface area contributed by atoms with Crippen molar-refractivity contribution in [1.29, 1.82) is 0 Å². The third-order valence-corrected chi connectivity index (χ3v) is 15.2. The molecule has 2 fully saturated rings. The van der Waals surface area contributed by atoms with Gasteiger partial charge in [-0.15, -0.1) is 28.8 Å². The van der Waals surface area contributed by atoms with Gasteiger partial charge in [-0.3, -0.25) is 0 Å². The van der Waals surface area contributed by atoms with E-state index in [1.54, 1.807) is 38.6 Å². The van der Waals surface area contributed by atoms with E-state index in [-0.39, 0.29) is 35.6 Å². The Morgan fingerprint density at radius 2 is 0.956 bits per heavy atom. The number of hydrogen-bond donors (Lipinski definition) is 0. The monoisotopic (exact) mass is 1010 g/mol. The van der Waals surface area contributed by atoms with Crippen molar-refractivity contribution in [3.05, 3.63) is 208 Å². The molecule has 3 aliphatic rings. The molecule has 0 radical (unpaired) electrons. The predicted octanol–water partition coefficient (Wildman–Crippen LogP) is 11.7. The van der Waals surface area contributed by atoms with Crippen molar-refractivity contribution in [2.45, 2.75) is 148 Å². The SMILES string of the molecule is CC(C)(C)c1cc2c([c-]c1-c1ccccc1C1CCCCC1)Cc1cc(-c3ccccc3C3CCCCC3)c(C(C)(C)C)cc1-2.[Cl-].[Cl-].[Zr+2]=[C](Cc1ccccc1)Cc1ccccc1.c1cc[cH-]c1. The molecule has 0 aliphatic heterocycles. The standard InChI is InChI=1S/C45H53.C15H14.C5H5.2ClH.Zr/c1-44(2,3)42-28-38-32(26-40(42)36-23-15-13-21-34(36)30-17-9-7-10-18-30)25-33-27-41(43(29-39(33)38)45(4,5)6)37-24-16-14-22-35(37)31-19-11-8-12-20-31;1-3-8-14(9-4-1)12-7-13-15-10-5-2-6-11-15;1-2-4-5-3-1;;;/h13-16,21-24,26,28-31H,7-12,17-20,25H2,1-6H3;1-6,8-11H,12-13H2;1-5H;2*1H;/q-1;;-1;;;+2/p-2. The molecular formula is C65H72Cl2Zr-2. The van der Waals surface area contributed by atoms with Gasteiger partial charge in [0.25, 0.3) is 0 Å². The molecular weight excluding hydrogens is 943 g/mol. The average Bonchev–Trinajstić information content (AvgIpc) is 4.04. The fraction of sp³-hybridized carbons (Fsp3) is 0.354. The third-order valence-electron chi connectivity index (χ3n) is 14.3. The normalized spacial score (nSPS) is 14.7. The van der Waals surface area contributed by atoms with Crippen LogP contribution < -0.4 is 24.8 Å². The summed E-state index contributed by atoms with van der Waals surface area (Å²) in [6.07, 6.45) is 16.7. The maximum Gasteiger partial charge on any atom is -0.172 e. The molecule has 0 spiro atoms. The molecule has 0 nitrogen and oxygen atoms in total. The van der Waals surface area contributed by atoms with Crippen molar-refractivity contribution in [2.75, 3.05) is 0 Å². The van der Waals surface area contributed by atoms with Gasteiger partial charge in [-0.05, 0) is 82.6 Å². The van der Waals surface area contributed by atoms with Crippen molar-refractivity contribution in [2.24, 2.45) is 0 Å². The van der Waals surface area contributed by atoms with Crippen LogP contribution in [-0.2, 0) is 54.3 Å². The van der Waals surface area contributed by atoms with E-state index in [2.05, 4.69) is 175 Å². The van der Waals surface area contributed by atoms with Gasteiger partial charge in [-0.1, -0.05) is 163 Å². The number of fused-ring (bicyclic) bond motifs is 3. The fourth-order valence-corrected chi connectivity index (χ4v) is 11.9. The van der Waals surface area contributed by atoms with Crippen LogP contribution >= 0.6 is 0 Å². The van der Waals surface area contributed by atoms with Crippen LogP contribution in [-0.4, -0.2) is 3.21 Å². The molecule has 0 heterocycles. The summed E-state index contributed by atoms with van der Waals surface area (Å²) in [4.78, 5) is 0. The number of benzene rings is 6. The Bertz CT molecular complexity index is 2460. The van der Waals surface area contributed by atoms with Gasteiger partial charge in [0.15, 0.2) is 0 Å². The van der Waals surface area contributed by atoms with Gasteiger partial charge in [-0.25, -0.2) is 12.1 Å². The second-order valence-corrected chi connectivity index (χ2v) is 23.2. The van der Waals surface area contributed by atoms with Gasteiger partial charge in [0.1, 0.15) is 0 Å². The second-order valence-electron chi connectivity index (χ2n) is 21.4. The smallest absolute Gasteiger partial charge is 0.172 e. The minimum Gasteiger partial charge on any atom is -0.214 e. The molecule has 10 rings (SSSR count). The van der Waals surface area contributed by atoms with Crippen LogP contribution in [0, 0.1) is 6.07 Å². The third kappa shape index (κ3) is 13.4. The first-order valence-corrected chi connectivity index (χ1v) is 26.4. The summed E-state index contributed by atoms with van der Waals surface area (Å²) in [6.45, 7) is 14.4. The Morgan fingerprint density at radius 3 is 1.44 bits per heavy atom. The van der Waals surface area contributed by atoms with Crippen LogP contribution in [0.1, 0.15) is 162 Å². The molecule has 7 aromatic rings. The van der Waals surface area contributed by atoms with Gasteiger partial charge in [0.05, 0.1) is 0 Å². The van der Waals surface area contributed by atoms with Crippen molar-refractivity contribution >= 4 is 3.21 Å². The molecule has 68 heavy (non-hydrogen) atoms. The molecule has 3 heteroatoms. The molecule has 0 atom stereocenters. The minimum atomic E-state index is 0. The van der Waals surface area contributed by atoms with E-state index >= 15 is 0 Å². The molecule has 352 valence electrons. The number of rotatable bonds is 8. The molecule has 2 saturated carbocycles. The topological polar surface area (TPSA) is 0 Å². The molecule has 0 saturated heterocycles. The molecule has 0 amide bonds. The van der Waals surface area contributed by atoms with E-state index in [4.69, 9.17) is 0 Å². The van der Waals surface area contributed by atoms with E-state index in [9.17, 15) is 0 Å². The average molecular weight is 1020 g/mol. The van der Waals surface area contributed by atoms with E-state index in [1.165, 1.54) is 131 Å². The summed E-state index contributed by atoms with van der Waals surface area (Å²) in [5, 5.41) is 0. The van der Waals surface area contributed by atoms with E-state index in [0.717, 1.165) is 19.3 Å². The molecule has 0 N–H and O–H groups in total. The Hall–Kier alpha value is -4.00. The van der Waals surface area contributed by atoms with Gasteiger partial charge in [-0.2, -0.15) is 18.2 Å². The van der Waals surface area contributed by atoms with Crippen LogP contribution in [0.2, 0.25) is 0 Å². The Morgan fingerprint density at radius 1 is 0.500 bits per heavy atom. The van der Waals surface area contributed by atoms with Crippen molar-refractivity contribution in [3.63, 3.8) is 0 Å². The van der Waals surface area contributed by atoms with E-state index < -0.39 is 0 Å². The van der Waals surface area contributed by atoms with Crippen molar-refractivity contribution in [1.82, 2.24) is 0 Å². The van der Waals surface area contributed by atoms with Crippen LogP contribution in [0.5, 0.6) is 0 Å². The van der Waals surface area contributed by atoms with Crippen molar-refractivity contribution in [3.8, 4) is 33.4 Å². The summed E-state index contributed by atoms with van der Waals surface area (Å²) in [5.74, 6) is 1.35. The van der Waals surface area contributed by atoms with Crippen molar-refractivity contribution < 1.29 is 49.0 Å². The van der Waals surface area contributed by atoms with E-state index in [0.29, 0.717) is 11.8 Å². The van der Waals surface area contributed by atoms with Gasteiger partial charge in [0, 0.05) is 0 Å². The Balaban J connectivity index is 0.000000274. The number of halogens is 2. The molecule has 7 aromatic carbocycles. The second kappa shape index (κ2) is 24.7. The first-order valence-electron chi connectivity index (χ1n) is 25.2. The zero-order valence-corrected chi connectivity index (χ0v) is 45.6. The summed E-state index contributed by atoms with van der Waals surface area (Å²) in [5.41, 5.74) is 20.3. The summed E-state index contributed by atoms with van der Waals surface area (Å²) < 4.78 is 1.60. The maximum atomic E-state index is 4.12. The minimum absolute atomic E-state index is 0. The Kier molecular flexibility index (Phi) is 19.4. The maximum absolute atomic E-state index is 4.12. The zero-order chi connectivity index (χ0) is 46.1. The quantitative estimate of drug-likeness (QED) is 0.133. The molecule has 0 unspecified atom stereocenters. The van der Waals surface area contributed by atoms with Crippen LogP contribution in [0.4, 0.5) is 0 Å². The molecule has 3 aliphatic carbocycles. The summed E-state index contributed by atoms with van der Waals surface area (Å²) in [6, 6.07) is 61.9. The summed E-state index contributed by atoms with van der Waals surface area (Å²) >= 11 is 1.55. The summed E-state index contributed by atoms with van der Waals surface area (Å²) in [7, 11) is 0. The predicted molar refractivity (Wildman–Crippen MR) is 281 cm³/mol. The van der Waals surface area contributed by atoms with Gasteiger partial charge >= 0.3 is 112 Å². The number of hydrogen-bond acceptors (Lipinski definition) is 0. The van der Waals surface area contributed by atoms with Gasteiger partial charge < -0.3 is 24.8 Å². The zero-order valence-electron chi connectivity index (χ0n) is 41.6. The fourth-order valence-electron chi connectivity index (χ4n) is 10.9. The Labute approximate surface area is 438 Å². The van der Waals surface area contributed by atoms with Gasteiger partial charge in [0.2, 0.25) is 0 Å².